The van der Waals surface area contributed by atoms with Gasteiger partial charge in [-0.2, -0.15) is 0 Å². The van der Waals surface area contributed by atoms with Gasteiger partial charge in [0.05, 0.1) is 17.8 Å². The van der Waals surface area contributed by atoms with Crippen molar-refractivity contribution >= 4 is 0 Å². The Labute approximate surface area is 151 Å². The van der Waals surface area contributed by atoms with Crippen molar-refractivity contribution < 1.29 is 14.6 Å². The number of hydrogen-bond donors (Lipinski definition) is 1. The summed E-state index contributed by atoms with van der Waals surface area (Å²) in [4.78, 5) is 2.50. The molecule has 0 amide bonds. The van der Waals surface area contributed by atoms with Gasteiger partial charge in [-0.1, -0.05) is 12.1 Å². The molecule has 0 radical (unpaired) electrons. The van der Waals surface area contributed by atoms with E-state index in [1.807, 2.05) is 7.11 Å². The molecule has 4 rings (SSSR count). The number of hydrogen-bond acceptors (Lipinski definition) is 4. The number of aliphatic hydroxyl groups is 1. The van der Waals surface area contributed by atoms with E-state index >= 15 is 0 Å². The van der Waals surface area contributed by atoms with E-state index in [-0.39, 0.29) is 11.7 Å². The third-order valence-electron chi connectivity index (χ3n) is 6.59. The van der Waals surface area contributed by atoms with E-state index in [4.69, 9.17) is 9.47 Å². The highest BCUT2D eigenvalue weighted by Gasteiger charge is 2.50. The zero-order valence-corrected chi connectivity index (χ0v) is 15.3. The first kappa shape index (κ1) is 17.3. The molecule has 0 unspecified atom stereocenters. The third kappa shape index (κ3) is 3.57. The van der Waals surface area contributed by atoms with Gasteiger partial charge < -0.3 is 14.6 Å². The minimum atomic E-state index is -0.184. The summed E-state index contributed by atoms with van der Waals surface area (Å²) in [6, 6.07) is 8.94. The number of methoxy groups -OCH3 is 1. The summed E-state index contributed by atoms with van der Waals surface area (Å²) in [6.07, 6.45) is 8.95. The summed E-state index contributed by atoms with van der Waals surface area (Å²) in [5.41, 5.74) is 1.26. The van der Waals surface area contributed by atoms with Crippen molar-refractivity contribution in [2.45, 2.75) is 81.8 Å². The molecule has 3 fully saturated rings. The van der Waals surface area contributed by atoms with E-state index in [0.717, 1.165) is 44.5 Å². The molecule has 1 aliphatic heterocycles. The highest BCUT2D eigenvalue weighted by molar-refractivity contribution is 5.28. The van der Waals surface area contributed by atoms with E-state index in [1.165, 1.54) is 31.2 Å². The lowest BCUT2D eigenvalue weighted by molar-refractivity contribution is -0.0879. The second kappa shape index (κ2) is 7.26. The Balaban J connectivity index is 1.39. The number of nitrogens with zero attached hydrogens (tertiary/aromatic N) is 1. The number of ether oxygens (including phenoxy) is 2. The predicted molar refractivity (Wildman–Crippen MR) is 97.7 cm³/mol. The molecule has 0 spiro atoms. The third-order valence-corrected chi connectivity index (χ3v) is 6.59. The van der Waals surface area contributed by atoms with Crippen molar-refractivity contribution in [3.05, 3.63) is 29.8 Å². The summed E-state index contributed by atoms with van der Waals surface area (Å²) < 4.78 is 12.0. The van der Waals surface area contributed by atoms with Crippen LogP contribution in [0.3, 0.4) is 0 Å². The molecule has 0 aromatic heterocycles. The van der Waals surface area contributed by atoms with Gasteiger partial charge in [0.15, 0.2) is 0 Å². The molecule has 138 valence electrons. The van der Waals surface area contributed by atoms with Crippen LogP contribution in [0.4, 0.5) is 0 Å². The maximum Gasteiger partial charge on any atom is 0.119 e. The second-order valence-corrected chi connectivity index (χ2v) is 8.10. The summed E-state index contributed by atoms with van der Waals surface area (Å²) in [6.45, 7) is 1.97. The molecule has 4 nitrogen and oxygen atoms in total. The van der Waals surface area contributed by atoms with Gasteiger partial charge in [0.2, 0.25) is 0 Å². The number of benzene rings is 1. The number of rotatable bonds is 5. The molecule has 3 atom stereocenters. The van der Waals surface area contributed by atoms with E-state index in [9.17, 15) is 5.11 Å². The van der Waals surface area contributed by atoms with Crippen molar-refractivity contribution in [2.75, 3.05) is 13.7 Å². The highest BCUT2D eigenvalue weighted by atomic mass is 16.5. The molecule has 1 aromatic rings. The van der Waals surface area contributed by atoms with Crippen LogP contribution in [0.25, 0.3) is 0 Å². The Hall–Kier alpha value is -1.10. The van der Waals surface area contributed by atoms with Crippen LogP contribution in [0.15, 0.2) is 24.3 Å². The number of fused-ring (bicyclic) bond motifs is 1. The average molecular weight is 345 g/mol. The fourth-order valence-corrected chi connectivity index (χ4v) is 5.07. The molecular formula is C21H31NO3. The van der Waals surface area contributed by atoms with Crippen LogP contribution in [0.5, 0.6) is 5.75 Å². The Morgan fingerprint density at radius 3 is 2.60 bits per heavy atom. The van der Waals surface area contributed by atoms with Gasteiger partial charge >= 0.3 is 0 Å². The van der Waals surface area contributed by atoms with Gasteiger partial charge in [-0.15, -0.1) is 0 Å². The van der Waals surface area contributed by atoms with Crippen molar-refractivity contribution in [2.24, 2.45) is 0 Å². The van der Waals surface area contributed by atoms with E-state index in [2.05, 4.69) is 29.2 Å². The van der Waals surface area contributed by atoms with Crippen LogP contribution in [-0.2, 0) is 11.3 Å². The molecule has 1 N–H and O–H groups in total. The largest absolute Gasteiger partial charge is 0.490 e. The van der Waals surface area contributed by atoms with Gasteiger partial charge in [-0.3, -0.25) is 4.90 Å². The Morgan fingerprint density at radius 2 is 1.88 bits per heavy atom. The minimum absolute atomic E-state index is 0.0508. The molecule has 3 aliphatic rings. The second-order valence-electron chi connectivity index (χ2n) is 8.10. The molecule has 25 heavy (non-hydrogen) atoms. The summed E-state index contributed by atoms with van der Waals surface area (Å²) in [5.74, 6) is 0.997. The lowest BCUT2D eigenvalue weighted by atomic mass is 9.79. The SMILES string of the molecule is CO[C@@]12CC[C@H](O)C[C@@H]1N(Cc1ccc(OC3CCCC3)cc1)CC2. The van der Waals surface area contributed by atoms with Crippen LogP contribution in [-0.4, -0.2) is 47.5 Å². The van der Waals surface area contributed by atoms with Crippen molar-refractivity contribution in [3.63, 3.8) is 0 Å². The van der Waals surface area contributed by atoms with Crippen LogP contribution >= 0.6 is 0 Å². The highest BCUT2D eigenvalue weighted by Crippen LogP contribution is 2.43. The van der Waals surface area contributed by atoms with Crippen LogP contribution in [0.1, 0.15) is 56.9 Å². The van der Waals surface area contributed by atoms with Crippen molar-refractivity contribution in [3.8, 4) is 5.75 Å². The summed E-state index contributed by atoms with van der Waals surface area (Å²) >= 11 is 0. The quantitative estimate of drug-likeness (QED) is 0.887. The molecule has 0 bridgehead atoms. The van der Waals surface area contributed by atoms with Gasteiger partial charge in [0.1, 0.15) is 5.75 Å². The normalized spacial score (nSPS) is 33.5. The van der Waals surface area contributed by atoms with Gasteiger partial charge in [-0.05, 0) is 69.1 Å². The molecule has 1 heterocycles. The zero-order valence-electron chi connectivity index (χ0n) is 15.3. The Bertz CT molecular complexity index is 569. The van der Waals surface area contributed by atoms with E-state index in [0.29, 0.717) is 12.1 Å². The first-order valence-corrected chi connectivity index (χ1v) is 9.91. The Morgan fingerprint density at radius 1 is 1.12 bits per heavy atom. The summed E-state index contributed by atoms with van der Waals surface area (Å²) in [7, 11) is 1.84. The molecule has 2 saturated carbocycles. The fourth-order valence-electron chi connectivity index (χ4n) is 5.07. The summed E-state index contributed by atoms with van der Waals surface area (Å²) in [5, 5.41) is 10.1. The topological polar surface area (TPSA) is 41.9 Å². The molecule has 1 saturated heterocycles. The standard InChI is InChI=1S/C21H31NO3/c1-24-21-11-10-17(23)14-20(21)22(13-12-21)15-16-6-8-19(9-7-16)25-18-4-2-3-5-18/h6-9,17-18,20,23H,2-5,10-15H2,1H3/t17-,20-,21+/m0/s1. The van der Waals surface area contributed by atoms with Crippen LogP contribution in [0.2, 0.25) is 0 Å². The van der Waals surface area contributed by atoms with Gasteiger partial charge in [-0.25, -0.2) is 0 Å². The van der Waals surface area contributed by atoms with E-state index in [1.54, 1.807) is 0 Å². The molecule has 4 heteroatoms. The molecule has 2 aliphatic carbocycles. The number of likely N-dealkylation sites (tertiary alicyclic amines) is 1. The van der Waals surface area contributed by atoms with Crippen LogP contribution in [0, 0.1) is 0 Å². The Kier molecular flexibility index (Phi) is 5.03. The fraction of sp³-hybridized carbons (Fsp3) is 0.714. The predicted octanol–water partition coefficient (Wildman–Crippen LogP) is 3.51. The zero-order chi connectivity index (χ0) is 17.3. The monoisotopic (exact) mass is 345 g/mol. The van der Waals surface area contributed by atoms with E-state index < -0.39 is 0 Å². The lowest BCUT2D eigenvalue weighted by Gasteiger charge is -2.42. The van der Waals surface area contributed by atoms with Gasteiger partial charge in [0, 0.05) is 26.2 Å². The van der Waals surface area contributed by atoms with Crippen molar-refractivity contribution in [1.29, 1.82) is 0 Å². The molecular weight excluding hydrogens is 314 g/mol. The first-order valence-electron chi connectivity index (χ1n) is 9.91. The maximum atomic E-state index is 10.1. The van der Waals surface area contributed by atoms with Crippen LogP contribution < -0.4 is 4.74 Å². The van der Waals surface area contributed by atoms with Gasteiger partial charge in [0.25, 0.3) is 0 Å². The first-order chi connectivity index (χ1) is 12.2. The lowest BCUT2D eigenvalue weighted by Crippen LogP contribution is -2.51. The molecule has 1 aromatic carbocycles. The smallest absolute Gasteiger partial charge is 0.119 e. The average Bonchev–Trinajstić information content (AvgIpc) is 3.26. The number of aliphatic hydroxyl groups excluding tert-OH is 1. The minimum Gasteiger partial charge on any atom is -0.490 e. The van der Waals surface area contributed by atoms with Crippen molar-refractivity contribution in [1.82, 2.24) is 4.90 Å². The maximum absolute atomic E-state index is 10.1.